The molecule has 5 nitrogen and oxygen atoms in total. The van der Waals surface area contributed by atoms with Gasteiger partial charge in [-0.3, -0.25) is 0 Å². The van der Waals surface area contributed by atoms with Gasteiger partial charge in [-0.2, -0.15) is 4.68 Å². The van der Waals surface area contributed by atoms with Gasteiger partial charge in [0.2, 0.25) is 0 Å². The molecule has 1 aromatic heterocycles. The van der Waals surface area contributed by atoms with Gasteiger partial charge in [-0.15, -0.1) is 5.10 Å². The molecule has 2 aromatic carbocycles. The summed E-state index contributed by atoms with van der Waals surface area (Å²) in [6.45, 7) is 1.90. The highest BCUT2D eigenvalue weighted by Crippen LogP contribution is 2.23. The molecular weight excluding hydrogens is 257 g/mol. The summed E-state index contributed by atoms with van der Waals surface area (Å²) in [4.78, 5) is 0. The summed E-state index contributed by atoms with van der Waals surface area (Å²) < 4.78 is 15.2. The van der Waals surface area contributed by atoms with Crippen LogP contribution in [0.3, 0.4) is 0 Å². The number of aryl methyl sites for hydroxylation is 1. The van der Waals surface area contributed by atoms with Gasteiger partial charge in [0.1, 0.15) is 11.5 Å². The highest BCUT2D eigenvalue weighted by Gasteiger charge is 2.14. The van der Waals surface area contributed by atoms with E-state index in [1.165, 1.54) is 10.7 Å². The molecule has 0 aliphatic heterocycles. The SMILES string of the molecule is Cc1cc(-c2nnnn2-c2ccccc2F)ccc1N. The lowest BCUT2D eigenvalue weighted by atomic mass is 10.1. The van der Waals surface area contributed by atoms with Gasteiger partial charge in [0.25, 0.3) is 0 Å². The van der Waals surface area contributed by atoms with Crippen LogP contribution in [-0.2, 0) is 0 Å². The summed E-state index contributed by atoms with van der Waals surface area (Å²) in [7, 11) is 0. The molecular formula is C14H12FN5. The van der Waals surface area contributed by atoms with Crippen LogP contribution in [0.25, 0.3) is 17.1 Å². The van der Waals surface area contributed by atoms with E-state index in [2.05, 4.69) is 15.5 Å². The van der Waals surface area contributed by atoms with E-state index < -0.39 is 0 Å². The topological polar surface area (TPSA) is 69.6 Å². The van der Waals surface area contributed by atoms with Crippen molar-refractivity contribution in [2.75, 3.05) is 5.73 Å². The number of tetrazole rings is 1. The van der Waals surface area contributed by atoms with Crippen LogP contribution < -0.4 is 5.73 Å². The third-order valence-corrected chi connectivity index (χ3v) is 3.08. The molecule has 0 aliphatic carbocycles. The first-order chi connectivity index (χ1) is 9.66. The van der Waals surface area contributed by atoms with Crippen molar-refractivity contribution in [2.24, 2.45) is 0 Å². The lowest BCUT2D eigenvalue weighted by Crippen LogP contribution is -2.02. The minimum Gasteiger partial charge on any atom is -0.399 e. The maximum atomic E-state index is 13.9. The molecule has 2 N–H and O–H groups in total. The lowest BCUT2D eigenvalue weighted by molar-refractivity contribution is 0.608. The average Bonchev–Trinajstić information content (AvgIpc) is 2.91. The van der Waals surface area contributed by atoms with Gasteiger partial charge in [-0.1, -0.05) is 12.1 Å². The fraction of sp³-hybridized carbons (Fsp3) is 0.0714. The first kappa shape index (κ1) is 12.3. The zero-order valence-electron chi connectivity index (χ0n) is 10.8. The van der Waals surface area contributed by atoms with Crippen LogP contribution >= 0.6 is 0 Å². The number of halogens is 1. The van der Waals surface area contributed by atoms with Crippen molar-refractivity contribution in [1.29, 1.82) is 0 Å². The number of rotatable bonds is 2. The molecule has 0 unspecified atom stereocenters. The molecule has 1 heterocycles. The van der Waals surface area contributed by atoms with E-state index >= 15 is 0 Å². The van der Waals surface area contributed by atoms with Crippen molar-refractivity contribution in [3.63, 3.8) is 0 Å². The van der Waals surface area contributed by atoms with E-state index in [0.29, 0.717) is 17.2 Å². The molecule has 3 rings (SSSR count). The molecule has 3 aromatic rings. The van der Waals surface area contributed by atoms with Crippen LogP contribution in [0, 0.1) is 12.7 Å². The van der Waals surface area contributed by atoms with Crippen LogP contribution in [0.4, 0.5) is 10.1 Å². The lowest BCUT2D eigenvalue weighted by Gasteiger charge is -2.07. The maximum Gasteiger partial charge on any atom is 0.187 e. The Hall–Kier alpha value is -2.76. The number of hydrogen-bond donors (Lipinski definition) is 1. The zero-order chi connectivity index (χ0) is 14.1. The second-order valence-electron chi connectivity index (χ2n) is 4.44. The van der Waals surface area contributed by atoms with Crippen molar-refractivity contribution < 1.29 is 4.39 Å². The number of nitrogen functional groups attached to an aromatic ring is 1. The summed E-state index contributed by atoms with van der Waals surface area (Å²) in [5.41, 5.74) is 8.50. The maximum absolute atomic E-state index is 13.9. The van der Waals surface area contributed by atoms with E-state index in [9.17, 15) is 4.39 Å². The molecule has 0 aliphatic rings. The number of hydrogen-bond acceptors (Lipinski definition) is 4. The van der Waals surface area contributed by atoms with Gasteiger partial charge >= 0.3 is 0 Å². The first-order valence-electron chi connectivity index (χ1n) is 6.06. The monoisotopic (exact) mass is 269 g/mol. The Kier molecular flexibility index (Phi) is 2.90. The van der Waals surface area contributed by atoms with Crippen LogP contribution in [-0.4, -0.2) is 20.2 Å². The van der Waals surface area contributed by atoms with Gasteiger partial charge in [-0.25, -0.2) is 4.39 Å². The number of nitrogens with zero attached hydrogens (tertiary/aromatic N) is 4. The minimum absolute atomic E-state index is 0.307. The smallest absolute Gasteiger partial charge is 0.187 e. The predicted molar refractivity (Wildman–Crippen MR) is 73.7 cm³/mol. The summed E-state index contributed by atoms with van der Waals surface area (Å²) in [6.07, 6.45) is 0. The van der Waals surface area contributed by atoms with Gasteiger partial charge in [0.05, 0.1) is 0 Å². The van der Waals surface area contributed by atoms with E-state index in [1.807, 2.05) is 19.1 Å². The van der Waals surface area contributed by atoms with Crippen LogP contribution in [0.1, 0.15) is 5.56 Å². The fourth-order valence-electron chi connectivity index (χ4n) is 1.97. The quantitative estimate of drug-likeness (QED) is 0.725. The first-order valence-corrected chi connectivity index (χ1v) is 6.06. The highest BCUT2D eigenvalue weighted by molar-refractivity contribution is 5.63. The molecule has 100 valence electrons. The molecule has 6 heteroatoms. The molecule has 0 amide bonds. The summed E-state index contributed by atoms with van der Waals surface area (Å²) >= 11 is 0. The average molecular weight is 269 g/mol. The van der Waals surface area contributed by atoms with Crippen LogP contribution in [0.15, 0.2) is 42.5 Å². The third-order valence-electron chi connectivity index (χ3n) is 3.08. The van der Waals surface area contributed by atoms with E-state index in [0.717, 1.165) is 11.1 Å². The Morgan fingerprint density at radius 3 is 2.70 bits per heavy atom. The van der Waals surface area contributed by atoms with Gasteiger partial charge in [0.15, 0.2) is 5.82 Å². The molecule has 0 spiro atoms. The minimum atomic E-state index is -0.381. The van der Waals surface area contributed by atoms with Crippen LogP contribution in [0.2, 0.25) is 0 Å². The standard InChI is InChI=1S/C14H12FN5/c1-9-8-10(6-7-12(9)16)14-17-18-19-20(14)13-5-3-2-4-11(13)15/h2-8H,16H2,1H3. The summed E-state index contributed by atoms with van der Waals surface area (Å²) in [6, 6.07) is 11.8. The highest BCUT2D eigenvalue weighted by atomic mass is 19.1. The van der Waals surface area contributed by atoms with E-state index in [4.69, 9.17) is 5.73 Å². The molecule has 0 saturated carbocycles. The van der Waals surface area contributed by atoms with E-state index in [-0.39, 0.29) is 5.82 Å². The third kappa shape index (κ3) is 2.01. The van der Waals surface area contributed by atoms with Crippen molar-refractivity contribution in [1.82, 2.24) is 20.2 Å². The number of benzene rings is 2. The Bertz CT molecular complexity index is 766. The van der Waals surface area contributed by atoms with Crippen molar-refractivity contribution >= 4 is 5.69 Å². The largest absolute Gasteiger partial charge is 0.399 e. The van der Waals surface area contributed by atoms with Crippen molar-refractivity contribution in [3.05, 3.63) is 53.8 Å². The Morgan fingerprint density at radius 2 is 1.95 bits per heavy atom. The van der Waals surface area contributed by atoms with Gasteiger partial charge < -0.3 is 5.73 Å². The molecule has 0 bridgehead atoms. The second-order valence-corrected chi connectivity index (χ2v) is 4.44. The molecule has 0 atom stereocenters. The van der Waals surface area contributed by atoms with Crippen molar-refractivity contribution in [3.8, 4) is 17.1 Å². The second kappa shape index (κ2) is 4.73. The Labute approximate surface area is 114 Å². The Balaban J connectivity index is 2.15. The normalized spacial score (nSPS) is 10.7. The Morgan fingerprint density at radius 1 is 1.15 bits per heavy atom. The number of para-hydroxylation sites is 1. The molecule has 20 heavy (non-hydrogen) atoms. The zero-order valence-corrected chi connectivity index (χ0v) is 10.8. The van der Waals surface area contributed by atoms with Crippen molar-refractivity contribution in [2.45, 2.75) is 6.92 Å². The number of anilines is 1. The van der Waals surface area contributed by atoms with Crippen LogP contribution in [0.5, 0.6) is 0 Å². The number of nitrogens with two attached hydrogens (primary N) is 1. The number of aromatic nitrogens is 4. The van der Waals surface area contributed by atoms with Gasteiger partial charge in [0, 0.05) is 11.3 Å². The molecule has 0 radical (unpaired) electrons. The predicted octanol–water partition coefficient (Wildman–Crippen LogP) is 2.36. The molecule has 0 saturated heterocycles. The molecule has 0 fully saturated rings. The van der Waals surface area contributed by atoms with Gasteiger partial charge in [-0.05, 0) is 53.2 Å². The summed E-state index contributed by atoms with van der Waals surface area (Å²) in [5.74, 6) is 0.0893. The fourth-order valence-corrected chi connectivity index (χ4v) is 1.97. The van der Waals surface area contributed by atoms with E-state index in [1.54, 1.807) is 24.3 Å². The summed E-state index contributed by atoms with van der Waals surface area (Å²) in [5, 5.41) is 11.5.